The average Bonchev–Trinajstić information content (AvgIpc) is 2.41. The molecular formula is C17H26FN. The number of halogens is 1. The highest BCUT2D eigenvalue weighted by Crippen LogP contribution is 2.30. The molecule has 2 heteroatoms. The molecule has 0 radical (unpaired) electrons. The van der Waals surface area contributed by atoms with Crippen LogP contribution in [-0.4, -0.2) is 12.6 Å². The number of benzene rings is 1. The summed E-state index contributed by atoms with van der Waals surface area (Å²) in [6.07, 6.45) is 6.11. The fourth-order valence-electron chi connectivity index (χ4n) is 3.30. The molecule has 1 fully saturated rings. The summed E-state index contributed by atoms with van der Waals surface area (Å²) in [6.45, 7) is 5.53. The molecule has 0 amide bonds. The van der Waals surface area contributed by atoms with Crippen molar-refractivity contribution in [1.82, 2.24) is 5.32 Å². The Hall–Kier alpha value is -0.890. The quantitative estimate of drug-likeness (QED) is 0.840. The summed E-state index contributed by atoms with van der Waals surface area (Å²) in [5, 5.41) is 3.66. The van der Waals surface area contributed by atoms with E-state index in [0.29, 0.717) is 6.04 Å². The van der Waals surface area contributed by atoms with E-state index >= 15 is 0 Å². The molecule has 2 unspecified atom stereocenters. The summed E-state index contributed by atoms with van der Waals surface area (Å²) >= 11 is 0. The zero-order chi connectivity index (χ0) is 13.7. The lowest BCUT2D eigenvalue weighted by Crippen LogP contribution is -2.41. The van der Waals surface area contributed by atoms with Crippen molar-refractivity contribution in [3.05, 3.63) is 35.6 Å². The fourth-order valence-corrected chi connectivity index (χ4v) is 3.30. The molecule has 0 bridgehead atoms. The van der Waals surface area contributed by atoms with Gasteiger partial charge in [0, 0.05) is 6.04 Å². The molecule has 106 valence electrons. The zero-order valence-electron chi connectivity index (χ0n) is 12.2. The molecule has 0 aromatic heterocycles. The highest BCUT2D eigenvalue weighted by atomic mass is 19.1. The lowest BCUT2D eigenvalue weighted by atomic mass is 9.78. The van der Waals surface area contributed by atoms with Crippen molar-refractivity contribution in [2.75, 3.05) is 6.54 Å². The second-order valence-corrected chi connectivity index (χ2v) is 6.09. The van der Waals surface area contributed by atoms with E-state index in [1.807, 2.05) is 12.1 Å². The van der Waals surface area contributed by atoms with Crippen molar-refractivity contribution in [2.45, 2.75) is 52.0 Å². The van der Waals surface area contributed by atoms with Crippen LogP contribution in [0.25, 0.3) is 0 Å². The summed E-state index contributed by atoms with van der Waals surface area (Å²) < 4.78 is 13.5. The predicted octanol–water partition coefficient (Wildman–Crippen LogP) is 4.17. The van der Waals surface area contributed by atoms with E-state index in [2.05, 4.69) is 19.2 Å². The minimum atomic E-state index is -0.0756. The summed E-state index contributed by atoms with van der Waals surface area (Å²) in [7, 11) is 0. The van der Waals surface area contributed by atoms with Gasteiger partial charge in [0.15, 0.2) is 0 Å². The van der Waals surface area contributed by atoms with Gasteiger partial charge >= 0.3 is 0 Å². The van der Waals surface area contributed by atoms with Crippen LogP contribution in [0.3, 0.4) is 0 Å². The number of rotatable bonds is 5. The van der Waals surface area contributed by atoms with Crippen molar-refractivity contribution >= 4 is 0 Å². The molecule has 2 atom stereocenters. The van der Waals surface area contributed by atoms with Gasteiger partial charge in [-0.05, 0) is 49.3 Å². The molecule has 0 heterocycles. The summed E-state index contributed by atoms with van der Waals surface area (Å²) in [5.41, 5.74) is 0.826. The predicted molar refractivity (Wildman–Crippen MR) is 78.7 cm³/mol. The molecule has 2 rings (SSSR count). The van der Waals surface area contributed by atoms with Crippen LogP contribution in [0.4, 0.5) is 4.39 Å². The Bertz CT molecular complexity index is 389. The van der Waals surface area contributed by atoms with Gasteiger partial charge in [0.05, 0.1) is 0 Å². The average molecular weight is 263 g/mol. The van der Waals surface area contributed by atoms with Crippen LogP contribution >= 0.6 is 0 Å². The van der Waals surface area contributed by atoms with Gasteiger partial charge in [-0.3, -0.25) is 0 Å². The van der Waals surface area contributed by atoms with Crippen LogP contribution in [0.5, 0.6) is 0 Å². The van der Waals surface area contributed by atoms with Gasteiger partial charge in [-0.1, -0.05) is 44.9 Å². The van der Waals surface area contributed by atoms with Gasteiger partial charge in [-0.15, -0.1) is 0 Å². The van der Waals surface area contributed by atoms with Crippen LogP contribution in [-0.2, 0) is 6.42 Å². The third-order valence-corrected chi connectivity index (χ3v) is 4.43. The molecule has 1 aromatic carbocycles. The van der Waals surface area contributed by atoms with E-state index < -0.39 is 0 Å². The van der Waals surface area contributed by atoms with E-state index in [0.717, 1.165) is 30.4 Å². The van der Waals surface area contributed by atoms with Crippen molar-refractivity contribution in [3.63, 3.8) is 0 Å². The smallest absolute Gasteiger partial charge is 0.126 e. The van der Waals surface area contributed by atoms with Crippen LogP contribution in [0.15, 0.2) is 24.3 Å². The van der Waals surface area contributed by atoms with Gasteiger partial charge < -0.3 is 5.32 Å². The second kappa shape index (κ2) is 7.04. The standard InChI is InChI=1S/C17H26FN/c1-13(2)15-8-4-6-10-17(15)19-12-11-14-7-3-5-9-16(14)18/h3,5,7,9,13,15,17,19H,4,6,8,10-12H2,1-2H3. The molecule has 1 aromatic rings. The van der Waals surface area contributed by atoms with E-state index in [-0.39, 0.29) is 5.82 Å². The maximum Gasteiger partial charge on any atom is 0.126 e. The first kappa shape index (κ1) is 14.5. The minimum Gasteiger partial charge on any atom is -0.313 e. The summed E-state index contributed by atoms with van der Waals surface area (Å²) in [5.74, 6) is 1.45. The lowest BCUT2D eigenvalue weighted by molar-refractivity contribution is 0.206. The van der Waals surface area contributed by atoms with E-state index in [1.165, 1.54) is 25.7 Å². The Labute approximate surface area is 116 Å². The van der Waals surface area contributed by atoms with Crippen LogP contribution in [0.1, 0.15) is 45.1 Å². The van der Waals surface area contributed by atoms with Crippen molar-refractivity contribution in [1.29, 1.82) is 0 Å². The topological polar surface area (TPSA) is 12.0 Å². The fraction of sp³-hybridized carbons (Fsp3) is 0.647. The molecule has 1 N–H and O–H groups in total. The third-order valence-electron chi connectivity index (χ3n) is 4.43. The Morgan fingerprint density at radius 1 is 1.21 bits per heavy atom. The normalized spacial score (nSPS) is 23.8. The Balaban J connectivity index is 1.83. The lowest BCUT2D eigenvalue weighted by Gasteiger charge is -2.35. The zero-order valence-corrected chi connectivity index (χ0v) is 12.2. The van der Waals surface area contributed by atoms with Gasteiger partial charge in [0.1, 0.15) is 5.82 Å². The van der Waals surface area contributed by atoms with Gasteiger partial charge in [-0.25, -0.2) is 4.39 Å². The number of hydrogen-bond acceptors (Lipinski definition) is 1. The second-order valence-electron chi connectivity index (χ2n) is 6.09. The number of hydrogen-bond donors (Lipinski definition) is 1. The highest BCUT2D eigenvalue weighted by molar-refractivity contribution is 5.17. The minimum absolute atomic E-state index is 0.0756. The maximum atomic E-state index is 13.5. The molecule has 1 aliphatic rings. The molecule has 0 spiro atoms. The monoisotopic (exact) mass is 263 g/mol. The summed E-state index contributed by atoms with van der Waals surface area (Å²) in [6, 6.07) is 7.73. The molecule has 19 heavy (non-hydrogen) atoms. The van der Waals surface area contributed by atoms with Crippen LogP contribution < -0.4 is 5.32 Å². The first-order valence-corrected chi connectivity index (χ1v) is 7.65. The molecule has 0 saturated heterocycles. The van der Waals surface area contributed by atoms with E-state index in [4.69, 9.17) is 0 Å². The highest BCUT2D eigenvalue weighted by Gasteiger charge is 2.26. The van der Waals surface area contributed by atoms with Crippen molar-refractivity contribution < 1.29 is 4.39 Å². The number of nitrogens with one attached hydrogen (secondary N) is 1. The molecule has 1 aliphatic carbocycles. The van der Waals surface area contributed by atoms with E-state index in [1.54, 1.807) is 12.1 Å². The molecule has 1 saturated carbocycles. The molecular weight excluding hydrogens is 237 g/mol. The Morgan fingerprint density at radius 2 is 1.95 bits per heavy atom. The molecule has 1 nitrogen and oxygen atoms in total. The van der Waals surface area contributed by atoms with Gasteiger partial charge in [-0.2, -0.15) is 0 Å². The maximum absolute atomic E-state index is 13.5. The SMILES string of the molecule is CC(C)C1CCCCC1NCCc1ccccc1F. The third kappa shape index (κ3) is 4.04. The molecule has 0 aliphatic heterocycles. The largest absolute Gasteiger partial charge is 0.313 e. The van der Waals surface area contributed by atoms with Crippen molar-refractivity contribution in [3.8, 4) is 0 Å². The Kier molecular flexibility index (Phi) is 5.38. The van der Waals surface area contributed by atoms with Gasteiger partial charge in [0.2, 0.25) is 0 Å². The van der Waals surface area contributed by atoms with Crippen molar-refractivity contribution in [2.24, 2.45) is 11.8 Å². The van der Waals surface area contributed by atoms with E-state index in [9.17, 15) is 4.39 Å². The first-order chi connectivity index (χ1) is 9.18. The first-order valence-electron chi connectivity index (χ1n) is 7.65. The van der Waals surface area contributed by atoms with Crippen LogP contribution in [0.2, 0.25) is 0 Å². The van der Waals surface area contributed by atoms with Gasteiger partial charge in [0.25, 0.3) is 0 Å². The Morgan fingerprint density at radius 3 is 2.68 bits per heavy atom. The van der Waals surface area contributed by atoms with Crippen LogP contribution in [0, 0.1) is 17.7 Å². The summed E-state index contributed by atoms with van der Waals surface area (Å²) in [4.78, 5) is 0.